The van der Waals surface area contributed by atoms with Crippen molar-refractivity contribution in [1.82, 2.24) is 19.3 Å². The van der Waals surface area contributed by atoms with Crippen molar-refractivity contribution in [1.29, 1.82) is 0 Å². The summed E-state index contributed by atoms with van der Waals surface area (Å²) in [5.41, 5.74) is 10.00. The normalized spacial score (nSPS) is 11.4. The van der Waals surface area contributed by atoms with Gasteiger partial charge in [0.1, 0.15) is 11.3 Å². The summed E-state index contributed by atoms with van der Waals surface area (Å²) >= 11 is 0. The molecule has 19 heavy (non-hydrogen) atoms. The molecule has 2 aromatic heterocycles. The number of hydrogen-bond acceptors (Lipinski definition) is 3. The minimum absolute atomic E-state index is 0.266. The van der Waals surface area contributed by atoms with E-state index in [1.54, 1.807) is 15.3 Å². The lowest BCUT2D eigenvalue weighted by molar-refractivity contribution is 0.626. The van der Waals surface area contributed by atoms with Crippen molar-refractivity contribution in [3.63, 3.8) is 0 Å². The van der Waals surface area contributed by atoms with Gasteiger partial charge in [0.2, 0.25) is 5.95 Å². The highest BCUT2D eigenvalue weighted by atomic mass is 19.1. The number of rotatable bonds is 1. The summed E-state index contributed by atoms with van der Waals surface area (Å²) in [6, 6.07) is 4.59. The van der Waals surface area contributed by atoms with Crippen LogP contribution in [0.25, 0.3) is 16.9 Å². The second-order valence-electron chi connectivity index (χ2n) is 4.62. The number of anilines is 1. The van der Waals surface area contributed by atoms with Gasteiger partial charge in [-0.15, -0.1) is 0 Å². The molecule has 0 spiro atoms. The van der Waals surface area contributed by atoms with Gasteiger partial charge in [-0.3, -0.25) is 4.57 Å². The highest BCUT2D eigenvalue weighted by molar-refractivity contribution is 5.80. The first-order chi connectivity index (χ1) is 8.99. The molecule has 0 fully saturated rings. The average Bonchev–Trinajstić information content (AvgIpc) is 2.79. The summed E-state index contributed by atoms with van der Waals surface area (Å²) in [6.07, 6.45) is 0. The van der Waals surface area contributed by atoms with Gasteiger partial charge in [0, 0.05) is 7.05 Å². The first kappa shape index (κ1) is 11.7. The molecule has 1 aromatic carbocycles. The molecule has 3 aromatic rings. The van der Waals surface area contributed by atoms with Gasteiger partial charge in [-0.25, -0.2) is 14.1 Å². The fourth-order valence-corrected chi connectivity index (χ4v) is 2.40. The lowest BCUT2D eigenvalue weighted by atomic mass is 10.2. The predicted molar refractivity (Wildman–Crippen MR) is 71.7 cm³/mol. The number of benzene rings is 1. The fourth-order valence-electron chi connectivity index (χ4n) is 2.40. The zero-order valence-corrected chi connectivity index (χ0v) is 11.0. The smallest absolute Gasteiger partial charge is 0.207 e. The summed E-state index contributed by atoms with van der Waals surface area (Å²) in [5, 5.41) is 4.33. The number of fused-ring (bicyclic) bond motifs is 1. The van der Waals surface area contributed by atoms with Crippen LogP contribution in [0, 0.1) is 19.7 Å². The van der Waals surface area contributed by atoms with Gasteiger partial charge in [-0.2, -0.15) is 5.10 Å². The van der Waals surface area contributed by atoms with Gasteiger partial charge in [0.15, 0.2) is 5.65 Å². The molecule has 98 valence electrons. The van der Waals surface area contributed by atoms with Crippen molar-refractivity contribution in [2.75, 3.05) is 5.73 Å². The fraction of sp³-hybridized carbons (Fsp3) is 0.231. The summed E-state index contributed by atoms with van der Waals surface area (Å²) in [5.74, 6) is 0.109. The zero-order valence-electron chi connectivity index (χ0n) is 11.0. The van der Waals surface area contributed by atoms with Gasteiger partial charge >= 0.3 is 0 Å². The van der Waals surface area contributed by atoms with Gasteiger partial charge < -0.3 is 5.73 Å². The van der Waals surface area contributed by atoms with Crippen molar-refractivity contribution < 1.29 is 4.39 Å². The van der Waals surface area contributed by atoms with Crippen LogP contribution in [0.15, 0.2) is 18.2 Å². The van der Waals surface area contributed by atoms with Crippen LogP contribution in [0.5, 0.6) is 0 Å². The maximum Gasteiger partial charge on any atom is 0.207 e. The van der Waals surface area contributed by atoms with E-state index in [0.717, 1.165) is 28.1 Å². The van der Waals surface area contributed by atoms with Crippen LogP contribution in [0.4, 0.5) is 10.3 Å². The largest absolute Gasteiger partial charge is 0.369 e. The first-order valence-electron chi connectivity index (χ1n) is 5.93. The minimum atomic E-state index is -0.266. The Kier molecular flexibility index (Phi) is 2.35. The Morgan fingerprint density at radius 3 is 2.68 bits per heavy atom. The zero-order chi connectivity index (χ0) is 13.7. The van der Waals surface area contributed by atoms with Gasteiger partial charge in [0.05, 0.1) is 11.4 Å². The van der Waals surface area contributed by atoms with Crippen LogP contribution in [-0.4, -0.2) is 19.3 Å². The minimum Gasteiger partial charge on any atom is -0.369 e. The lowest BCUT2D eigenvalue weighted by Gasteiger charge is -2.10. The number of nitrogens with zero attached hydrogens (tertiary/aromatic N) is 4. The Morgan fingerprint density at radius 2 is 2.00 bits per heavy atom. The third-order valence-corrected chi connectivity index (χ3v) is 3.23. The average molecular weight is 259 g/mol. The molecule has 5 nitrogen and oxygen atoms in total. The molecular formula is C13H14FN5. The van der Waals surface area contributed by atoms with Crippen LogP contribution < -0.4 is 5.73 Å². The lowest BCUT2D eigenvalue weighted by Crippen LogP contribution is -2.06. The van der Waals surface area contributed by atoms with Crippen LogP contribution in [0.2, 0.25) is 0 Å². The van der Waals surface area contributed by atoms with E-state index in [-0.39, 0.29) is 5.82 Å². The number of imidazole rings is 1. The Hall–Kier alpha value is -2.37. The van der Waals surface area contributed by atoms with E-state index >= 15 is 0 Å². The summed E-state index contributed by atoms with van der Waals surface area (Å²) in [7, 11) is 1.84. The molecular weight excluding hydrogens is 245 g/mol. The van der Waals surface area contributed by atoms with Crippen molar-refractivity contribution in [2.45, 2.75) is 13.8 Å². The predicted octanol–water partition coefficient (Wildman–Crippen LogP) is 2.10. The monoisotopic (exact) mass is 259 g/mol. The van der Waals surface area contributed by atoms with E-state index in [1.807, 2.05) is 20.9 Å². The Labute approximate surface area is 109 Å². The van der Waals surface area contributed by atoms with Crippen LogP contribution >= 0.6 is 0 Å². The number of hydrogen-bond donors (Lipinski definition) is 1. The molecule has 0 amide bonds. The molecule has 0 aliphatic rings. The summed E-state index contributed by atoms with van der Waals surface area (Å²) in [4.78, 5) is 4.34. The molecule has 0 bridgehead atoms. The highest BCUT2D eigenvalue weighted by Crippen LogP contribution is 2.26. The molecule has 0 unspecified atom stereocenters. The first-order valence-corrected chi connectivity index (χ1v) is 5.93. The van der Waals surface area contributed by atoms with Gasteiger partial charge in [-0.05, 0) is 37.6 Å². The summed E-state index contributed by atoms with van der Waals surface area (Å²) < 4.78 is 16.7. The quantitative estimate of drug-likeness (QED) is 0.728. The molecule has 6 heteroatoms. The van der Waals surface area contributed by atoms with Crippen LogP contribution in [0.1, 0.15) is 11.3 Å². The van der Waals surface area contributed by atoms with Crippen LogP contribution in [-0.2, 0) is 7.05 Å². The van der Waals surface area contributed by atoms with E-state index < -0.39 is 0 Å². The molecule has 3 rings (SSSR count). The second kappa shape index (κ2) is 3.81. The standard InChI is InChI=1S/C13H14FN5/c1-7-6-9(14)4-5-10(7)19-12-11(16-13(19)15)8(2)17-18(12)3/h4-6H,1-3H3,(H2,15,16). The van der Waals surface area contributed by atoms with Gasteiger partial charge in [-0.1, -0.05) is 0 Å². The molecule has 2 heterocycles. The van der Waals surface area contributed by atoms with E-state index in [1.165, 1.54) is 12.1 Å². The number of aryl methyl sites for hydroxylation is 3. The molecule has 0 radical (unpaired) electrons. The van der Waals surface area contributed by atoms with E-state index in [0.29, 0.717) is 5.95 Å². The van der Waals surface area contributed by atoms with Crippen molar-refractivity contribution in [3.8, 4) is 5.69 Å². The number of nitrogen functional groups attached to an aromatic ring is 1. The number of nitrogens with two attached hydrogens (primary N) is 1. The molecule has 0 aliphatic carbocycles. The van der Waals surface area contributed by atoms with Crippen LogP contribution in [0.3, 0.4) is 0 Å². The Balaban J connectivity index is 2.38. The molecule has 0 atom stereocenters. The molecule has 2 N–H and O–H groups in total. The highest BCUT2D eigenvalue weighted by Gasteiger charge is 2.18. The van der Waals surface area contributed by atoms with Gasteiger partial charge in [0.25, 0.3) is 0 Å². The molecule has 0 saturated heterocycles. The Morgan fingerprint density at radius 1 is 1.26 bits per heavy atom. The van der Waals surface area contributed by atoms with E-state index in [4.69, 9.17) is 5.73 Å². The maximum atomic E-state index is 13.2. The molecule has 0 aliphatic heterocycles. The SMILES string of the molecule is Cc1cc(F)ccc1-n1c(N)nc2c(C)nn(C)c21. The number of aromatic nitrogens is 4. The maximum absolute atomic E-state index is 13.2. The second-order valence-corrected chi connectivity index (χ2v) is 4.62. The third-order valence-electron chi connectivity index (χ3n) is 3.23. The summed E-state index contributed by atoms with van der Waals surface area (Å²) in [6.45, 7) is 3.73. The molecule has 0 saturated carbocycles. The van der Waals surface area contributed by atoms with Crippen molar-refractivity contribution in [2.24, 2.45) is 7.05 Å². The third kappa shape index (κ3) is 1.60. The topological polar surface area (TPSA) is 61.7 Å². The van der Waals surface area contributed by atoms with E-state index in [9.17, 15) is 4.39 Å². The van der Waals surface area contributed by atoms with Crippen molar-refractivity contribution >= 4 is 17.1 Å². The van der Waals surface area contributed by atoms with Crippen molar-refractivity contribution in [3.05, 3.63) is 35.3 Å². The number of halogens is 1. The Bertz CT molecular complexity index is 784. The van der Waals surface area contributed by atoms with E-state index in [2.05, 4.69) is 10.1 Å².